The first-order valence-electron chi connectivity index (χ1n) is 6.76. The van der Waals surface area contributed by atoms with Gasteiger partial charge in [0.15, 0.2) is 0 Å². The highest BCUT2D eigenvalue weighted by Gasteiger charge is 2.30. The minimum absolute atomic E-state index is 0.465. The Morgan fingerprint density at radius 2 is 2.12 bits per heavy atom. The summed E-state index contributed by atoms with van der Waals surface area (Å²) >= 11 is 0. The van der Waals surface area contributed by atoms with Crippen molar-refractivity contribution in [1.29, 1.82) is 0 Å². The summed E-state index contributed by atoms with van der Waals surface area (Å²) in [4.78, 5) is 0. The van der Waals surface area contributed by atoms with E-state index in [-0.39, 0.29) is 0 Å². The monoisotopic (exact) mass is 227 g/mol. The molecule has 0 bridgehead atoms. The molecule has 2 rings (SSSR count). The molecule has 0 aromatic rings. The fraction of sp³-hybridized carbons (Fsp3) is 1.00. The van der Waals surface area contributed by atoms with E-state index in [2.05, 4.69) is 19.2 Å². The quantitative estimate of drug-likeness (QED) is 0.796. The Labute approximate surface area is 98.9 Å². The number of nitrogens with one attached hydrogen (secondary N) is 1. The molecule has 0 aromatic heterocycles. The third-order valence-electron chi connectivity index (χ3n) is 3.83. The van der Waals surface area contributed by atoms with E-state index < -0.39 is 0 Å². The van der Waals surface area contributed by atoms with E-state index in [9.17, 15) is 0 Å². The van der Waals surface area contributed by atoms with E-state index in [1.807, 2.05) is 0 Å². The van der Waals surface area contributed by atoms with Gasteiger partial charge in [0.1, 0.15) is 0 Å². The van der Waals surface area contributed by atoms with Crippen molar-refractivity contribution < 1.29 is 9.47 Å². The Balaban J connectivity index is 1.81. The Bertz CT molecular complexity index is 208. The Hall–Kier alpha value is -0.120. The molecule has 2 aliphatic rings. The maximum Gasteiger partial charge on any atom is 0.0583 e. The standard InChI is InChI=1S/C13H25NO2/c1-3-14-13-6-7-15-9-11(13)8-12-5-4-10(2)16-12/h10-14H,3-9H2,1-2H3. The van der Waals surface area contributed by atoms with Crippen molar-refractivity contribution in [3.8, 4) is 0 Å². The van der Waals surface area contributed by atoms with Crippen LogP contribution < -0.4 is 5.32 Å². The molecule has 4 atom stereocenters. The van der Waals surface area contributed by atoms with Crippen molar-refractivity contribution in [3.05, 3.63) is 0 Å². The van der Waals surface area contributed by atoms with E-state index in [1.165, 1.54) is 19.3 Å². The maximum absolute atomic E-state index is 5.91. The molecule has 2 saturated heterocycles. The van der Waals surface area contributed by atoms with Gasteiger partial charge in [-0.3, -0.25) is 0 Å². The van der Waals surface area contributed by atoms with Crippen molar-refractivity contribution in [2.45, 2.75) is 57.8 Å². The van der Waals surface area contributed by atoms with Crippen LogP contribution in [0.2, 0.25) is 0 Å². The van der Waals surface area contributed by atoms with Crippen LogP contribution in [0.1, 0.15) is 39.5 Å². The highest BCUT2D eigenvalue weighted by molar-refractivity contribution is 4.83. The van der Waals surface area contributed by atoms with Crippen LogP contribution in [-0.2, 0) is 9.47 Å². The van der Waals surface area contributed by atoms with Gasteiger partial charge >= 0.3 is 0 Å². The van der Waals surface area contributed by atoms with E-state index in [1.54, 1.807) is 0 Å². The van der Waals surface area contributed by atoms with E-state index in [0.29, 0.717) is 24.2 Å². The lowest BCUT2D eigenvalue weighted by atomic mass is 9.89. The second-order valence-corrected chi connectivity index (χ2v) is 5.17. The van der Waals surface area contributed by atoms with Gasteiger partial charge < -0.3 is 14.8 Å². The fourth-order valence-electron chi connectivity index (χ4n) is 2.96. The average Bonchev–Trinajstić information content (AvgIpc) is 2.67. The number of hydrogen-bond donors (Lipinski definition) is 1. The lowest BCUT2D eigenvalue weighted by Crippen LogP contribution is -2.43. The highest BCUT2D eigenvalue weighted by Crippen LogP contribution is 2.28. The van der Waals surface area contributed by atoms with Gasteiger partial charge in [-0.1, -0.05) is 6.92 Å². The summed E-state index contributed by atoms with van der Waals surface area (Å²) < 4.78 is 11.5. The first-order valence-corrected chi connectivity index (χ1v) is 6.76. The maximum atomic E-state index is 5.91. The second-order valence-electron chi connectivity index (χ2n) is 5.17. The highest BCUT2D eigenvalue weighted by atomic mass is 16.5. The molecule has 2 aliphatic heterocycles. The van der Waals surface area contributed by atoms with Crippen LogP contribution in [-0.4, -0.2) is 38.0 Å². The molecule has 16 heavy (non-hydrogen) atoms. The average molecular weight is 227 g/mol. The molecular formula is C13H25NO2. The summed E-state index contributed by atoms with van der Waals surface area (Å²) in [5, 5.41) is 3.58. The second kappa shape index (κ2) is 5.99. The van der Waals surface area contributed by atoms with Crippen molar-refractivity contribution in [2.75, 3.05) is 19.8 Å². The largest absolute Gasteiger partial charge is 0.381 e. The van der Waals surface area contributed by atoms with Gasteiger partial charge in [0.2, 0.25) is 0 Å². The predicted molar refractivity (Wildman–Crippen MR) is 64.6 cm³/mol. The lowest BCUT2D eigenvalue weighted by Gasteiger charge is -2.33. The smallest absolute Gasteiger partial charge is 0.0583 e. The summed E-state index contributed by atoms with van der Waals surface area (Å²) in [6.45, 7) is 7.24. The predicted octanol–water partition coefficient (Wildman–Crippen LogP) is 1.96. The topological polar surface area (TPSA) is 30.5 Å². The van der Waals surface area contributed by atoms with Gasteiger partial charge in [0.05, 0.1) is 18.8 Å². The van der Waals surface area contributed by atoms with Crippen LogP contribution in [0.15, 0.2) is 0 Å². The summed E-state index contributed by atoms with van der Waals surface area (Å²) in [7, 11) is 0. The normalized spacial score (nSPS) is 40.1. The van der Waals surface area contributed by atoms with Gasteiger partial charge in [-0.05, 0) is 39.2 Å². The summed E-state index contributed by atoms with van der Waals surface area (Å²) in [6.07, 6.45) is 5.72. The van der Waals surface area contributed by atoms with E-state index in [0.717, 1.165) is 26.2 Å². The zero-order valence-electron chi connectivity index (χ0n) is 10.6. The molecule has 2 heterocycles. The van der Waals surface area contributed by atoms with Crippen LogP contribution in [0.5, 0.6) is 0 Å². The van der Waals surface area contributed by atoms with Gasteiger partial charge in [-0.2, -0.15) is 0 Å². The first-order chi connectivity index (χ1) is 7.79. The van der Waals surface area contributed by atoms with Crippen LogP contribution in [0.4, 0.5) is 0 Å². The number of rotatable bonds is 4. The fourth-order valence-corrected chi connectivity index (χ4v) is 2.96. The molecule has 0 aliphatic carbocycles. The molecule has 3 heteroatoms. The summed E-state index contributed by atoms with van der Waals surface area (Å²) in [6, 6.07) is 0.637. The zero-order valence-corrected chi connectivity index (χ0v) is 10.6. The van der Waals surface area contributed by atoms with Gasteiger partial charge in [0, 0.05) is 18.6 Å². The molecule has 0 amide bonds. The van der Waals surface area contributed by atoms with E-state index in [4.69, 9.17) is 9.47 Å². The molecule has 94 valence electrons. The van der Waals surface area contributed by atoms with E-state index >= 15 is 0 Å². The van der Waals surface area contributed by atoms with Gasteiger partial charge in [0.25, 0.3) is 0 Å². The molecular weight excluding hydrogens is 202 g/mol. The minimum Gasteiger partial charge on any atom is -0.381 e. The van der Waals surface area contributed by atoms with Crippen LogP contribution in [0.25, 0.3) is 0 Å². The van der Waals surface area contributed by atoms with Crippen LogP contribution >= 0.6 is 0 Å². The molecule has 4 unspecified atom stereocenters. The molecule has 0 spiro atoms. The van der Waals surface area contributed by atoms with Crippen molar-refractivity contribution >= 4 is 0 Å². The minimum atomic E-state index is 0.465. The Kier molecular flexibility index (Phi) is 4.62. The number of hydrogen-bond acceptors (Lipinski definition) is 3. The third-order valence-corrected chi connectivity index (χ3v) is 3.83. The number of ether oxygens (including phenoxy) is 2. The SMILES string of the molecule is CCNC1CCOCC1CC1CCC(C)O1. The zero-order chi connectivity index (χ0) is 11.4. The lowest BCUT2D eigenvalue weighted by molar-refractivity contribution is -0.0102. The van der Waals surface area contributed by atoms with Crippen molar-refractivity contribution in [1.82, 2.24) is 5.32 Å². The summed E-state index contributed by atoms with van der Waals surface area (Å²) in [5.74, 6) is 0.643. The molecule has 3 nitrogen and oxygen atoms in total. The molecule has 2 fully saturated rings. The molecule has 0 saturated carbocycles. The van der Waals surface area contributed by atoms with Crippen molar-refractivity contribution in [3.63, 3.8) is 0 Å². The van der Waals surface area contributed by atoms with Gasteiger partial charge in [-0.25, -0.2) is 0 Å². The first kappa shape index (κ1) is 12.3. The molecule has 0 aromatic carbocycles. The third kappa shape index (κ3) is 3.19. The van der Waals surface area contributed by atoms with Gasteiger partial charge in [-0.15, -0.1) is 0 Å². The molecule has 0 radical (unpaired) electrons. The Morgan fingerprint density at radius 3 is 2.81 bits per heavy atom. The van der Waals surface area contributed by atoms with Crippen LogP contribution in [0.3, 0.4) is 0 Å². The van der Waals surface area contributed by atoms with Crippen LogP contribution in [0, 0.1) is 5.92 Å². The van der Waals surface area contributed by atoms with Crippen molar-refractivity contribution in [2.24, 2.45) is 5.92 Å². The Morgan fingerprint density at radius 1 is 1.25 bits per heavy atom. The summed E-state index contributed by atoms with van der Waals surface area (Å²) in [5.41, 5.74) is 0. The molecule has 1 N–H and O–H groups in total.